The van der Waals surface area contributed by atoms with E-state index in [-0.39, 0.29) is 5.56 Å². The molecule has 0 atom stereocenters. The second-order valence-corrected chi connectivity index (χ2v) is 4.05. The highest BCUT2D eigenvalue weighted by atomic mass is 32.1. The lowest BCUT2D eigenvalue weighted by atomic mass is 10.1. The van der Waals surface area contributed by atoms with Crippen LogP contribution in [0, 0.1) is 6.92 Å². The first kappa shape index (κ1) is 9.02. The minimum atomic E-state index is -0.927. The molecule has 3 nitrogen and oxygen atoms in total. The molecule has 0 aliphatic rings. The first-order valence-electron chi connectivity index (χ1n) is 4.10. The van der Waals surface area contributed by atoms with Crippen LogP contribution in [0.1, 0.15) is 15.9 Å². The van der Waals surface area contributed by atoms with Gasteiger partial charge in [0.25, 0.3) is 0 Å². The summed E-state index contributed by atoms with van der Waals surface area (Å²) in [7, 11) is 0. The molecule has 0 amide bonds. The van der Waals surface area contributed by atoms with Crippen molar-refractivity contribution in [1.29, 1.82) is 0 Å². The van der Waals surface area contributed by atoms with Gasteiger partial charge in [-0.05, 0) is 35.4 Å². The molecule has 0 fully saturated rings. The van der Waals surface area contributed by atoms with Gasteiger partial charge in [0.2, 0.25) is 0 Å². The van der Waals surface area contributed by atoms with Crippen molar-refractivity contribution in [3.8, 4) is 0 Å². The van der Waals surface area contributed by atoms with Gasteiger partial charge in [-0.15, -0.1) is 11.3 Å². The number of rotatable bonds is 1. The van der Waals surface area contributed by atoms with E-state index in [9.17, 15) is 4.79 Å². The molecular formula is C10H9NO2S. The lowest BCUT2D eigenvalue weighted by Gasteiger charge is -2.00. The minimum absolute atomic E-state index is 0.290. The van der Waals surface area contributed by atoms with Gasteiger partial charge in [-0.25, -0.2) is 4.79 Å². The Labute approximate surface area is 84.8 Å². The van der Waals surface area contributed by atoms with E-state index in [2.05, 4.69) is 0 Å². The molecule has 0 radical (unpaired) electrons. The first-order valence-corrected chi connectivity index (χ1v) is 4.98. The second-order valence-electron chi connectivity index (χ2n) is 3.17. The fourth-order valence-electron chi connectivity index (χ4n) is 1.44. The third kappa shape index (κ3) is 1.24. The number of carbonyl (C=O) groups is 1. The number of anilines is 1. The summed E-state index contributed by atoms with van der Waals surface area (Å²) in [5.41, 5.74) is 7.49. The molecule has 0 aliphatic heterocycles. The number of hydrogen-bond donors (Lipinski definition) is 2. The molecule has 0 saturated carbocycles. The van der Waals surface area contributed by atoms with Gasteiger partial charge in [0.1, 0.15) is 0 Å². The molecule has 0 unspecified atom stereocenters. The van der Waals surface area contributed by atoms with Crippen molar-refractivity contribution in [3.63, 3.8) is 0 Å². The van der Waals surface area contributed by atoms with Gasteiger partial charge in [0.15, 0.2) is 0 Å². The van der Waals surface area contributed by atoms with E-state index in [1.54, 1.807) is 0 Å². The molecule has 2 aromatic rings. The van der Waals surface area contributed by atoms with E-state index >= 15 is 0 Å². The zero-order valence-corrected chi connectivity index (χ0v) is 8.39. The zero-order valence-electron chi connectivity index (χ0n) is 7.57. The predicted octanol–water partition coefficient (Wildman–Crippen LogP) is 2.49. The lowest BCUT2D eigenvalue weighted by molar-refractivity contribution is 0.0699. The van der Waals surface area contributed by atoms with Crippen LogP contribution in [0.15, 0.2) is 17.5 Å². The molecule has 2 rings (SSSR count). The number of carboxylic acid groups (broad SMARTS) is 1. The van der Waals surface area contributed by atoms with Crippen molar-refractivity contribution in [2.75, 3.05) is 5.73 Å². The van der Waals surface area contributed by atoms with Crippen LogP contribution >= 0.6 is 11.3 Å². The molecular weight excluding hydrogens is 198 g/mol. The maximum absolute atomic E-state index is 10.9. The average molecular weight is 207 g/mol. The van der Waals surface area contributed by atoms with Gasteiger partial charge in [-0.2, -0.15) is 0 Å². The van der Waals surface area contributed by atoms with Gasteiger partial charge >= 0.3 is 5.97 Å². The Balaban J connectivity index is 2.88. The van der Waals surface area contributed by atoms with Crippen molar-refractivity contribution in [2.24, 2.45) is 0 Å². The van der Waals surface area contributed by atoms with E-state index in [4.69, 9.17) is 10.8 Å². The third-order valence-electron chi connectivity index (χ3n) is 2.12. The van der Waals surface area contributed by atoms with Gasteiger partial charge in [0, 0.05) is 10.4 Å². The summed E-state index contributed by atoms with van der Waals surface area (Å²) in [5, 5.41) is 11.8. The Morgan fingerprint density at radius 1 is 1.50 bits per heavy atom. The summed E-state index contributed by atoms with van der Waals surface area (Å²) >= 11 is 1.44. The summed E-state index contributed by atoms with van der Waals surface area (Å²) < 4.78 is 0.796. The van der Waals surface area contributed by atoms with Crippen LogP contribution in [-0.4, -0.2) is 11.1 Å². The molecule has 1 heterocycles. The topological polar surface area (TPSA) is 63.3 Å². The number of aryl methyl sites for hydroxylation is 1. The van der Waals surface area contributed by atoms with Crippen LogP contribution in [0.4, 0.5) is 5.69 Å². The van der Waals surface area contributed by atoms with Crippen molar-refractivity contribution in [1.82, 2.24) is 0 Å². The lowest BCUT2D eigenvalue weighted by Crippen LogP contribution is -1.98. The van der Waals surface area contributed by atoms with Gasteiger partial charge < -0.3 is 10.8 Å². The van der Waals surface area contributed by atoms with Crippen LogP contribution in [0.5, 0.6) is 0 Å². The number of carboxylic acids is 1. The van der Waals surface area contributed by atoms with Crippen molar-refractivity contribution < 1.29 is 9.90 Å². The largest absolute Gasteiger partial charge is 0.478 e. The second kappa shape index (κ2) is 2.99. The molecule has 4 heteroatoms. The number of aromatic carboxylic acids is 1. The fourth-order valence-corrected chi connectivity index (χ4v) is 2.48. The summed E-state index contributed by atoms with van der Waals surface area (Å²) in [4.78, 5) is 10.9. The van der Waals surface area contributed by atoms with Crippen LogP contribution in [0.25, 0.3) is 10.1 Å². The number of thiophene rings is 1. The molecule has 72 valence electrons. The summed E-state index contributed by atoms with van der Waals surface area (Å²) in [6.07, 6.45) is 0. The SMILES string of the molecule is Cc1csc2c(C(=O)O)cc(N)cc12. The van der Waals surface area contributed by atoms with Crippen molar-refractivity contribution >= 4 is 33.1 Å². The molecule has 0 spiro atoms. The third-order valence-corrected chi connectivity index (χ3v) is 3.27. The van der Waals surface area contributed by atoms with Crippen molar-refractivity contribution in [3.05, 3.63) is 28.6 Å². The van der Waals surface area contributed by atoms with E-state index in [0.29, 0.717) is 5.69 Å². The molecule has 0 saturated heterocycles. The molecule has 0 bridgehead atoms. The summed E-state index contributed by atoms with van der Waals surface area (Å²) in [5.74, 6) is -0.927. The standard InChI is InChI=1S/C10H9NO2S/c1-5-4-14-9-7(5)2-6(11)3-8(9)10(12)13/h2-4H,11H2,1H3,(H,12,13). The number of nitrogens with two attached hydrogens (primary N) is 1. The molecule has 14 heavy (non-hydrogen) atoms. The van der Waals surface area contributed by atoms with Gasteiger partial charge in [-0.1, -0.05) is 0 Å². The first-order chi connectivity index (χ1) is 6.59. The minimum Gasteiger partial charge on any atom is -0.478 e. The van der Waals surface area contributed by atoms with Crippen LogP contribution in [0.3, 0.4) is 0 Å². The van der Waals surface area contributed by atoms with E-state index in [1.807, 2.05) is 18.4 Å². The Bertz CT molecular complexity index is 516. The molecule has 0 aliphatic carbocycles. The molecule has 1 aromatic carbocycles. The highest BCUT2D eigenvalue weighted by molar-refractivity contribution is 7.17. The summed E-state index contributed by atoms with van der Waals surface area (Å²) in [6, 6.07) is 3.31. The maximum atomic E-state index is 10.9. The zero-order chi connectivity index (χ0) is 10.3. The quantitative estimate of drug-likeness (QED) is 0.706. The monoisotopic (exact) mass is 207 g/mol. The van der Waals surface area contributed by atoms with E-state index < -0.39 is 5.97 Å². The van der Waals surface area contributed by atoms with Gasteiger partial charge in [-0.3, -0.25) is 0 Å². The van der Waals surface area contributed by atoms with Crippen LogP contribution in [0.2, 0.25) is 0 Å². The molecule has 1 aromatic heterocycles. The number of hydrogen-bond acceptors (Lipinski definition) is 3. The molecule has 3 N–H and O–H groups in total. The highest BCUT2D eigenvalue weighted by Gasteiger charge is 2.12. The maximum Gasteiger partial charge on any atom is 0.337 e. The number of benzene rings is 1. The fraction of sp³-hybridized carbons (Fsp3) is 0.100. The smallest absolute Gasteiger partial charge is 0.337 e. The Morgan fingerprint density at radius 2 is 2.21 bits per heavy atom. The van der Waals surface area contributed by atoms with Crippen molar-refractivity contribution in [2.45, 2.75) is 6.92 Å². The van der Waals surface area contributed by atoms with Crippen LogP contribution < -0.4 is 5.73 Å². The Kier molecular flexibility index (Phi) is 1.93. The Morgan fingerprint density at radius 3 is 2.86 bits per heavy atom. The number of fused-ring (bicyclic) bond motifs is 1. The van der Waals surface area contributed by atoms with E-state index in [1.165, 1.54) is 17.4 Å². The van der Waals surface area contributed by atoms with E-state index in [0.717, 1.165) is 15.6 Å². The normalized spacial score (nSPS) is 10.6. The highest BCUT2D eigenvalue weighted by Crippen LogP contribution is 2.30. The predicted molar refractivity (Wildman–Crippen MR) is 57.9 cm³/mol. The number of nitrogen functional groups attached to an aromatic ring is 1. The van der Waals surface area contributed by atoms with Gasteiger partial charge in [0.05, 0.1) is 5.56 Å². The summed E-state index contributed by atoms with van der Waals surface area (Å²) in [6.45, 7) is 1.95. The van der Waals surface area contributed by atoms with Crippen LogP contribution in [-0.2, 0) is 0 Å². The Hall–Kier alpha value is -1.55. The average Bonchev–Trinajstić information content (AvgIpc) is 2.47.